The van der Waals surface area contributed by atoms with E-state index in [1.54, 1.807) is 9.20 Å². The molecule has 0 aliphatic carbocycles. The number of fused-ring (bicyclic) bond motifs is 2. The van der Waals surface area contributed by atoms with Crippen LogP contribution in [0.5, 0.6) is 0 Å². The minimum atomic E-state index is -0.208. The van der Waals surface area contributed by atoms with E-state index in [1.165, 1.54) is 6.92 Å². The smallest absolute Gasteiger partial charge is 0.249 e. The molecule has 4 aromatic rings. The molecule has 8 heteroatoms. The van der Waals surface area contributed by atoms with E-state index < -0.39 is 0 Å². The quantitative estimate of drug-likeness (QED) is 0.609. The van der Waals surface area contributed by atoms with Crippen molar-refractivity contribution in [3.05, 3.63) is 42.1 Å². The summed E-state index contributed by atoms with van der Waals surface area (Å²) in [4.78, 5) is 15.4. The van der Waals surface area contributed by atoms with Crippen molar-refractivity contribution < 1.29 is 4.79 Å². The molecule has 8 nitrogen and oxygen atoms in total. The molecule has 1 aromatic carbocycles. The zero-order valence-electron chi connectivity index (χ0n) is 12.6. The third-order valence-electron chi connectivity index (χ3n) is 3.52. The van der Waals surface area contributed by atoms with Gasteiger partial charge in [0.05, 0.1) is 17.4 Å². The number of pyridine rings is 1. The predicted octanol–water partition coefficient (Wildman–Crippen LogP) is 1.73. The van der Waals surface area contributed by atoms with Crippen LogP contribution in [-0.2, 0) is 4.79 Å². The number of hydrogen-bond donors (Lipinski definition) is 1. The van der Waals surface area contributed by atoms with Crippen molar-refractivity contribution >= 4 is 28.5 Å². The first-order chi connectivity index (χ1) is 11.1. The Bertz CT molecular complexity index is 1050. The van der Waals surface area contributed by atoms with E-state index in [1.807, 2.05) is 43.5 Å². The number of amides is 1. The molecule has 23 heavy (non-hydrogen) atoms. The highest BCUT2D eigenvalue weighted by Gasteiger charge is 2.12. The van der Waals surface area contributed by atoms with Gasteiger partial charge < -0.3 is 0 Å². The van der Waals surface area contributed by atoms with Crippen molar-refractivity contribution in [3.8, 4) is 5.69 Å². The zero-order valence-corrected chi connectivity index (χ0v) is 12.6. The van der Waals surface area contributed by atoms with Gasteiger partial charge in [-0.05, 0) is 30.7 Å². The molecule has 0 aliphatic heterocycles. The Morgan fingerprint density at radius 1 is 1.26 bits per heavy atom. The maximum absolute atomic E-state index is 11.1. The molecule has 0 radical (unpaired) electrons. The normalized spacial score (nSPS) is 11.2. The van der Waals surface area contributed by atoms with E-state index in [4.69, 9.17) is 0 Å². The average Bonchev–Trinajstić information content (AvgIpc) is 3.08. The van der Waals surface area contributed by atoms with Crippen LogP contribution in [0, 0.1) is 6.92 Å². The molecule has 3 heterocycles. The molecule has 4 rings (SSSR count). The molecule has 1 N–H and O–H groups in total. The van der Waals surface area contributed by atoms with Gasteiger partial charge in [0.2, 0.25) is 11.9 Å². The number of benzene rings is 1. The molecular weight excluding hydrogens is 294 g/mol. The molecule has 1 amide bonds. The number of carbonyl (C=O) groups excluding carboxylic acids is 1. The molecule has 0 aliphatic rings. The van der Waals surface area contributed by atoms with Crippen molar-refractivity contribution in [2.75, 3.05) is 5.32 Å². The second-order valence-corrected chi connectivity index (χ2v) is 5.25. The average molecular weight is 307 g/mol. The predicted molar refractivity (Wildman–Crippen MR) is 84.5 cm³/mol. The van der Waals surface area contributed by atoms with Gasteiger partial charge in [-0.2, -0.15) is 4.98 Å². The summed E-state index contributed by atoms with van der Waals surface area (Å²) in [5.74, 6) is 0.0672. The lowest BCUT2D eigenvalue weighted by Crippen LogP contribution is -2.07. The summed E-state index contributed by atoms with van der Waals surface area (Å²) in [7, 11) is 0. The van der Waals surface area contributed by atoms with E-state index in [9.17, 15) is 4.79 Å². The van der Waals surface area contributed by atoms with Crippen LogP contribution in [0.2, 0.25) is 0 Å². The summed E-state index contributed by atoms with van der Waals surface area (Å²) in [6, 6.07) is 9.64. The summed E-state index contributed by atoms with van der Waals surface area (Å²) in [5, 5.41) is 15.2. The van der Waals surface area contributed by atoms with Crippen LogP contribution in [0.1, 0.15) is 12.5 Å². The lowest BCUT2D eigenvalue weighted by molar-refractivity contribution is -0.114. The van der Waals surface area contributed by atoms with Gasteiger partial charge in [0.15, 0.2) is 5.65 Å². The molecule has 0 atom stereocenters. The van der Waals surface area contributed by atoms with Crippen molar-refractivity contribution in [3.63, 3.8) is 0 Å². The molecule has 114 valence electrons. The van der Waals surface area contributed by atoms with E-state index in [0.29, 0.717) is 5.65 Å². The van der Waals surface area contributed by atoms with E-state index in [2.05, 4.69) is 25.7 Å². The maximum Gasteiger partial charge on any atom is 0.249 e. The number of rotatable bonds is 2. The number of carbonyl (C=O) groups is 1. The summed E-state index contributed by atoms with van der Waals surface area (Å²) in [5.41, 5.74) is 4.22. The van der Waals surface area contributed by atoms with Gasteiger partial charge in [0, 0.05) is 6.92 Å². The highest BCUT2D eigenvalue weighted by molar-refractivity contribution is 5.86. The lowest BCUT2D eigenvalue weighted by atomic mass is 10.2. The minimum Gasteiger partial charge on any atom is -0.293 e. The highest BCUT2D eigenvalue weighted by atomic mass is 16.1. The van der Waals surface area contributed by atoms with Crippen LogP contribution in [0.25, 0.3) is 22.4 Å². The summed E-state index contributed by atoms with van der Waals surface area (Å²) < 4.78 is 3.38. The van der Waals surface area contributed by atoms with Crippen molar-refractivity contribution in [2.24, 2.45) is 0 Å². The molecular formula is C15H13N7O. The molecule has 0 fully saturated rings. The highest BCUT2D eigenvalue weighted by Crippen LogP contribution is 2.20. The topological polar surface area (TPSA) is 90.0 Å². The van der Waals surface area contributed by atoms with Crippen LogP contribution in [-0.4, -0.2) is 35.5 Å². The zero-order chi connectivity index (χ0) is 16.0. The summed E-state index contributed by atoms with van der Waals surface area (Å²) in [6.45, 7) is 3.39. The number of nitrogens with one attached hydrogen (secondary N) is 1. The summed E-state index contributed by atoms with van der Waals surface area (Å²) in [6.07, 6.45) is 1.82. The van der Waals surface area contributed by atoms with Crippen LogP contribution >= 0.6 is 0 Å². The van der Waals surface area contributed by atoms with Gasteiger partial charge in [-0.25, -0.2) is 9.20 Å². The van der Waals surface area contributed by atoms with Crippen molar-refractivity contribution in [2.45, 2.75) is 13.8 Å². The lowest BCUT2D eigenvalue weighted by Gasteiger charge is -2.06. The Morgan fingerprint density at radius 2 is 2.09 bits per heavy atom. The Labute approximate surface area is 130 Å². The maximum atomic E-state index is 11.1. The standard InChI is InChI=1S/C15H13N7O/c1-9-7-14-17-15(16-10(2)23)19-21(14)8-13(9)22-12-6-4-3-5-11(12)18-20-22/h3-8H,1-2H3,(H,16,19,23). The second kappa shape index (κ2) is 4.87. The largest absolute Gasteiger partial charge is 0.293 e. The van der Waals surface area contributed by atoms with E-state index in [0.717, 1.165) is 22.3 Å². The number of nitrogens with zero attached hydrogens (tertiary/aromatic N) is 6. The Kier molecular flexibility index (Phi) is 2.83. The first-order valence-corrected chi connectivity index (χ1v) is 7.07. The van der Waals surface area contributed by atoms with Crippen LogP contribution < -0.4 is 5.32 Å². The van der Waals surface area contributed by atoms with E-state index in [-0.39, 0.29) is 11.9 Å². The molecule has 0 saturated carbocycles. The van der Waals surface area contributed by atoms with Gasteiger partial charge in [-0.3, -0.25) is 10.1 Å². The molecule has 3 aromatic heterocycles. The fraction of sp³-hybridized carbons (Fsp3) is 0.133. The Balaban J connectivity index is 1.89. The van der Waals surface area contributed by atoms with Gasteiger partial charge in [-0.1, -0.05) is 17.3 Å². The minimum absolute atomic E-state index is 0.208. The van der Waals surface area contributed by atoms with Crippen molar-refractivity contribution in [1.82, 2.24) is 29.6 Å². The number of hydrogen-bond acceptors (Lipinski definition) is 5. The fourth-order valence-corrected chi connectivity index (χ4v) is 2.49. The number of aryl methyl sites for hydroxylation is 1. The van der Waals surface area contributed by atoms with Crippen LogP contribution in [0.15, 0.2) is 36.5 Å². The third-order valence-corrected chi connectivity index (χ3v) is 3.52. The van der Waals surface area contributed by atoms with Gasteiger partial charge >= 0.3 is 0 Å². The second-order valence-electron chi connectivity index (χ2n) is 5.25. The van der Waals surface area contributed by atoms with Crippen LogP contribution in [0.4, 0.5) is 5.95 Å². The Hall–Kier alpha value is -3.29. The number of aromatic nitrogens is 6. The molecule has 0 bridgehead atoms. The first kappa shape index (κ1) is 13.4. The van der Waals surface area contributed by atoms with Crippen LogP contribution in [0.3, 0.4) is 0 Å². The van der Waals surface area contributed by atoms with E-state index >= 15 is 0 Å². The molecule has 0 spiro atoms. The molecule has 0 unspecified atom stereocenters. The number of para-hydroxylation sites is 1. The number of anilines is 1. The molecule has 0 saturated heterocycles. The monoisotopic (exact) mass is 307 g/mol. The first-order valence-electron chi connectivity index (χ1n) is 7.07. The third kappa shape index (κ3) is 2.20. The van der Waals surface area contributed by atoms with Gasteiger partial charge in [0.1, 0.15) is 5.52 Å². The fourth-order valence-electron chi connectivity index (χ4n) is 2.49. The summed E-state index contributed by atoms with van der Waals surface area (Å²) >= 11 is 0. The van der Waals surface area contributed by atoms with Gasteiger partial charge in [-0.15, -0.1) is 10.2 Å². The SMILES string of the molecule is CC(=O)Nc1nc2cc(C)c(-n3nnc4ccccc43)cn2n1. The van der Waals surface area contributed by atoms with Gasteiger partial charge in [0.25, 0.3) is 0 Å². The van der Waals surface area contributed by atoms with Crippen molar-refractivity contribution in [1.29, 1.82) is 0 Å². The Morgan fingerprint density at radius 3 is 2.91 bits per heavy atom.